The van der Waals surface area contributed by atoms with Crippen LogP contribution in [0, 0.1) is 0 Å². The van der Waals surface area contributed by atoms with Crippen LogP contribution in [0.4, 0.5) is 0 Å². The summed E-state index contributed by atoms with van der Waals surface area (Å²) in [6.07, 6.45) is 2.70. The first-order valence-electron chi connectivity index (χ1n) is 5.06. The van der Waals surface area contributed by atoms with Crippen LogP contribution in [0.15, 0.2) is 0 Å². The number of rotatable bonds is 4. The molecule has 1 N–H and O–H groups in total. The van der Waals surface area contributed by atoms with E-state index in [1.807, 2.05) is 0 Å². The van der Waals surface area contributed by atoms with E-state index in [9.17, 15) is 4.79 Å². The van der Waals surface area contributed by atoms with Crippen molar-refractivity contribution in [3.8, 4) is 0 Å². The molecule has 0 heterocycles. The highest BCUT2D eigenvalue weighted by atomic mass is 16.3. The number of aliphatic hydroxyl groups excluding tert-OH is 1. The summed E-state index contributed by atoms with van der Waals surface area (Å²) >= 11 is 0. The molecule has 1 aliphatic carbocycles. The van der Waals surface area contributed by atoms with Crippen LogP contribution in [-0.4, -0.2) is 41.0 Å². The maximum atomic E-state index is 11.5. The number of hydrogen-bond donors (Lipinski definition) is 1. The summed E-state index contributed by atoms with van der Waals surface area (Å²) in [5.74, 6) is 0.349. The van der Waals surface area contributed by atoms with Gasteiger partial charge in [0.25, 0.3) is 0 Å². The van der Waals surface area contributed by atoms with Gasteiger partial charge in [0, 0.05) is 19.0 Å². The van der Waals surface area contributed by atoms with Gasteiger partial charge in [0.15, 0.2) is 0 Å². The van der Waals surface area contributed by atoms with Crippen molar-refractivity contribution < 1.29 is 9.90 Å². The number of aliphatic hydroxyl groups is 1. The minimum absolute atomic E-state index is 0.0761. The lowest BCUT2D eigenvalue weighted by molar-refractivity contribution is -0.122. The molecule has 1 atom stereocenters. The van der Waals surface area contributed by atoms with E-state index < -0.39 is 0 Å². The van der Waals surface area contributed by atoms with Gasteiger partial charge in [0.1, 0.15) is 5.78 Å². The fourth-order valence-corrected chi connectivity index (χ4v) is 2.04. The van der Waals surface area contributed by atoms with Crippen LogP contribution in [0.2, 0.25) is 0 Å². The Morgan fingerprint density at radius 3 is 2.69 bits per heavy atom. The van der Waals surface area contributed by atoms with Gasteiger partial charge in [-0.25, -0.2) is 0 Å². The summed E-state index contributed by atoms with van der Waals surface area (Å²) in [4.78, 5) is 13.6. The summed E-state index contributed by atoms with van der Waals surface area (Å²) in [5.41, 5.74) is 0. The lowest BCUT2D eigenvalue weighted by atomic mass is 10.1. The molecule has 1 aliphatic rings. The van der Waals surface area contributed by atoms with E-state index in [0.717, 1.165) is 19.3 Å². The SMILES string of the molecule is CC(C)N(CCO)C1CCCC1=O. The van der Waals surface area contributed by atoms with Gasteiger partial charge in [-0.15, -0.1) is 0 Å². The van der Waals surface area contributed by atoms with Crippen molar-refractivity contribution in [1.82, 2.24) is 4.90 Å². The standard InChI is InChI=1S/C10H19NO2/c1-8(2)11(6-7-12)9-4-3-5-10(9)13/h8-9,12H,3-7H2,1-2H3. The third-order valence-corrected chi connectivity index (χ3v) is 2.69. The van der Waals surface area contributed by atoms with Gasteiger partial charge in [0.05, 0.1) is 12.6 Å². The van der Waals surface area contributed by atoms with Crippen molar-refractivity contribution in [1.29, 1.82) is 0 Å². The van der Waals surface area contributed by atoms with Crippen LogP contribution in [-0.2, 0) is 4.79 Å². The van der Waals surface area contributed by atoms with E-state index >= 15 is 0 Å². The first-order chi connectivity index (χ1) is 6.16. The van der Waals surface area contributed by atoms with Crippen LogP contribution in [0.25, 0.3) is 0 Å². The normalized spacial score (nSPS) is 23.5. The maximum Gasteiger partial charge on any atom is 0.149 e. The van der Waals surface area contributed by atoms with Gasteiger partial charge in [-0.05, 0) is 26.7 Å². The Hall–Kier alpha value is -0.410. The van der Waals surface area contributed by atoms with Crippen LogP contribution in [0.3, 0.4) is 0 Å². The molecule has 0 aliphatic heterocycles. The Balaban J connectivity index is 2.57. The van der Waals surface area contributed by atoms with Crippen LogP contribution in [0.5, 0.6) is 0 Å². The molecule has 0 bridgehead atoms. The smallest absolute Gasteiger partial charge is 0.149 e. The number of hydrogen-bond acceptors (Lipinski definition) is 3. The predicted octanol–water partition coefficient (Wildman–Crippen LogP) is 0.811. The van der Waals surface area contributed by atoms with E-state index in [1.165, 1.54) is 0 Å². The number of carbonyl (C=O) groups is 1. The summed E-state index contributed by atoms with van der Waals surface area (Å²) in [6.45, 7) is 4.90. The van der Waals surface area contributed by atoms with Crippen molar-refractivity contribution in [2.45, 2.75) is 45.2 Å². The van der Waals surface area contributed by atoms with Crippen molar-refractivity contribution >= 4 is 5.78 Å². The van der Waals surface area contributed by atoms with Crippen molar-refractivity contribution in [3.05, 3.63) is 0 Å². The molecule has 1 unspecified atom stereocenters. The molecule has 13 heavy (non-hydrogen) atoms. The molecule has 76 valence electrons. The number of carbonyl (C=O) groups excluding carboxylic acids is 1. The third kappa shape index (κ3) is 2.51. The largest absolute Gasteiger partial charge is 0.395 e. The van der Waals surface area contributed by atoms with Gasteiger partial charge < -0.3 is 5.11 Å². The summed E-state index contributed by atoms with van der Waals surface area (Å²) in [6, 6.07) is 0.423. The molecule has 0 aromatic heterocycles. The van der Waals surface area contributed by atoms with Crippen LogP contribution >= 0.6 is 0 Å². The molecule has 3 nitrogen and oxygen atoms in total. The van der Waals surface area contributed by atoms with Gasteiger partial charge in [0.2, 0.25) is 0 Å². The molecule has 3 heteroatoms. The number of Topliss-reactive ketones (excluding diaryl/α,β-unsaturated/α-hetero) is 1. The molecule has 0 saturated heterocycles. The lowest BCUT2D eigenvalue weighted by Crippen LogP contribution is -2.44. The average molecular weight is 185 g/mol. The van der Waals surface area contributed by atoms with Crippen molar-refractivity contribution in [3.63, 3.8) is 0 Å². The quantitative estimate of drug-likeness (QED) is 0.704. The predicted molar refractivity (Wildman–Crippen MR) is 51.6 cm³/mol. The highest BCUT2D eigenvalue weighted by molar-refractivity contribution is 5.85. The molecule has 0 spiro atoms. The Morgan fingerprint density at radius 2 is 2.31 bits per heavy atom. The van der Waals surface area contributed by atoms with E-state index in [1.54, 1.807) is 0 Å². The fraction of sp³-hybridized carbons (Fsp3) is 0.900. The lowest BCUT2D eigenvalue weighted by Gasteiger charge is -2.30. The second-order valence-corrected chi connectivity index (χ2v) is 3.93. The highest BCUT2D eigenvalue weighted by Crippen LogP contribution is 2.21. The Bertz CT molecular complexity index is 180. The summed E-state index contributed by atoms with van der Waals surface area (Å²) in [7, 11) is 0. The first-order valence-corrected chi connectivity index (χ1v) is 5.06. The molecular formula is C10H19NO2. The molecule has 1 rings (SSSR count). The minimum Gasteiger partial charge on any atom is -0.395 e. The molecule has 0 amide bonds. The first kappa shape index (κ1) is 10.7. The number of nitrogens with zero attached hydrogens (tertiary/aromatic N) is 1. The van der Waals surface area contributed by atoms with Crippen LogP contribution in [0.1, 0.15) is 33.1 Å². The molecule has 0 aromatic rings. The average Bonchev–Trinajstić information content (AvgIpc) is 2.47. The van der Waals surface area contributed by atoms with E-state index in [2.05, 4.69) is 18.7 Å². The topological polar surface area (TPSA) is 40.5 Å². The second kappa shape index (κ2) is 4.72. The van der Waals surface area contributed by atoms with Crippen LogP contribution < -0.4 is 0 Å². The Labute approximate surface area is 79.7 Å². The van der Waals surface area contributed by atoms with E-state index in [0.29, 0.717) is 18.4 Å². The highest BCUT2D eigenvalue weighted by Gasteiger charge is 2.30. The molecule has 1 saturated carbocycles. The fourth-order valence-electron chi connectivity index (χ4n) is 2.04. The zero-order chi connectivity index (χ0) is 9.84. The Morgan fingerprint density at radius 1 is 1.62 bits per heavy atom. The summed E-state index contributed by atoms with van der Waals surface area (Å²) in [5, 5.41) is 8.88. The zero-order valence-electron chi connectivity index (χ0n) is 8.49. The third-order valence-electron chi connectivity index (χ3n) is 2.69. The molecule has 0 radical (unpaired) electrons. The summed E-state index contributed by atoms with van der Waals surface area (Å²) < 4.78 is 0. The van der Waals surface area contributed by atoms with Gasteiger partial charge in [-0.1, -0.05) is 0 Å². The molecule has 0 aromatic carbocycles. The van der Waals surface area contributed by atoms with Crippen molar-refractivity contribution in [2.24, 2.45) is 0 Å². The maximum absolute atomic E-state index is 11.5. The van der Waals surface area contributed by atoms with Gasteiger partial charge >= 0.3 is 0 Å². The van der Waals surface area contributed by atoms with Crippen molar-refractivity contribution in [2.75, 3.05) is 13.2 Å². The second-order valence-electron chi connectivity index (χ2n) is 3.93. The van der Waals surface area contributed by atoms with Gasteiger partial charge in [-0.3, -0.25) is 9.69 Å². The zero-order valence-corrected chi connectivity index (χ0v) is 8.49. The van der Waals surface area contributed by atoms with E-state index in [4.69, 9.17) is 5.11 Å². The number of ketones is 1. The Kier molecular flexibility index (Phi) is 3.88. The monoisotopic (exact) mass is 185 g/mol. The van der Waals surface area contributed by atoms with E-state index in [-0.39, 0.29) is 12.6 Å². The minimum atomic E-state index is 0.0761. The molecule has 1 fully saturated rings. The van der Waals surface area contributed by atoms with Gasteiger partial charge in [-0.2, -0.15) is 0 Å². The molecular weight excluding hydrogens is 166 g/mol.